The van der Waals surface area contributed by atoms with Crippen LogP contribution in [0.2, 0.25) is 0 Å². The van der Waals surface area contributed by atoms with Crippen molar-refractivity contribution in [1.82, 2.24) is 9.03 Å². The van der Waals surface area contributed by atoms with Crippen LogP contribution in [-0.2, 0) is 0 Å². The minimum absolute atomic E-state index is 0.970. The Morgan fingerprint density at radius 2 is 2.15 bits per heavy atom. The standard InChI is InChI=1S/C9H10N2S2/c1-2-4-9(5-3-1)12-8-11-7-6-10-13-11/h1-7,10H,8H2. The molecule has 0 atom stereocenters. The van der Waals surface area contributed by atoms with E-state index in [-0.39, 0.29) is 0 Å². The number of rotatable bonds is 3. The first-order chi connectivity index (χ1) is 6.45. The van der Waals surface area contributed by atoms with E-state index < -0.39 is 0 Å². The molecule has 0 aromatic heterocycles. The van der Waals surface area contributed by atoms with E-state index in [4.69, 9.17) is 0 Å². The Morgan fingerprint density at radius 1 is 1.31 bits per heavy atom. The van der Waals surface area contributed by atoms with Gasteiger partial charge in [0.05, 0.1) is 18.0 Å². The molecular weight excluding hydrogens is 200 g/mol. The number of nitrogens with zero attached hydrogens (tertiary/aromatic N) is 1. The zero-order valence-corrected chi connectivity index (χ0v) is 8.65. The van der Waals surface area contributed by atoms with Gasteiger partial charge in [-0.25, -0.2) is 0 Å². The highest BCUT2D eigenvalue weighted by Crippen LogP contribution is 2.22. The van der Waals surface area contributed by atoms with Gasteiger partial charge in [-0.15, -0.1) is 11.8 Å². The van der Waals surface area contributed by atoms with E-state index in [9.17, 15) is 0 Å². The van der Waals surface area contributed by atoms with Crippen molar-refractivity contribution >= 4 is 23.9 Å². The van der Waals surface area contributed by atoms with E-state index in [2.05, 4.69) is 33.3 Å². The van der Waals surface area contributed by atoms with Crippen LogP contribution in [0.15, 0.2) is 47.6 Å². The fourth-order valence-electron chi connectivity index (χ4n) is 0.966. The van der Waals surface area contributed by atoms with Crippen LogP contribution in [-0.4, -0.2) is 10.2 Å². The first-order valence-electron chi connectivity index (χ1n) is 3.99. The molecule has 4 heteroatoms. The predicted molar refractivity (Wildman–Crippen MR) is 58.9 cm³/mol. The van der Waals surface area contributed by atoms with Crippen LogP contribution < -0.4 is 4.72 Å². The number of nitrogens with one attached hydrogen (secondary N) is 1. The van der Waals surface area contributed by atoms with Crippen LogP contribution in [0, 0.1) is 0 Å². The molecule has 0 aliphatic carbocycles. The van der Waals surface area contributed by atoms with E-state index in [0.29, 0.717) is 0 Å². The molecule has 1 aliphatic heterocycles. The third-order valence-corrected chi connectivity index (χ3v) is 3.48. The number of benzene rings is 1. The second-order valence-electron chi connectivity index (χ2n) is 2.53. The topological polar surface area (TPSA) is 15.3 Å². The summed E-state index contributed by atoms with van der Waals surface area (Å²) in [6.45, 7) is 0. The van der Waals surface area contributed by atoms with E-state index in [1.54, 1.807) is 12.1 Å². The van der Waals surface area contributed by atoms with Gasteiger partial charge in [0.2, 0.25) is 0 Å². The van der Waals surface area contributed by atoms with Crippen LogP contribution in [0.25, 0.3) is 0 Å². The second-order valence-corrected chi connectivity index (χ2v) is 4.43. The summed E-state index contributed by atoms with van der Waals surface area (Å²) in [6, 6.07) is 10.4. The van der Waals surface area contributed by atoms with Crippen molar-refractivity contribution in [2.45, 2.75) is 4.90 Å². The first-order valence-corrected chi connectivity index (χ1v) is 5.75. The first kappa shape index (κ1) is 8.84. The van der Waals surface area contributed by atoms with Crippen molar-refractivity contribution in [2.75, 3.05) is 5.88 Å². The van der Waals surface area contributed by atoms with Crippen molar-refractivity contribution in [3.05, 3.63) is 42.7 Å². The molecule has 1 aromatic rings. The van der Waals surface area contributed by atoms with Gasteiger partial charge >= 0.3 is 0 Å². The quantitative estimate of drug-likeness (QED) is 0.609. The molecule has 0 amide bonds. The van der Waals surface area contributed by atoms with Crippen LogP contribution in [0.4, 0.5) is 0 Å². The molecule has 68 valence electrons. The van der Waals surface area contributed by atoms with E-state index >= 15 is 0 Å². The van der Waals surface area contributed by atoms with Gasteiger partial charge in [-0.2, -0.15) is 0 Å². The highest BCUT2D eigenvalue weighted by atomic mass is 32.2. The summed E-state index contributed by atoms with van der Waals surface area (Å²) in [7, 11) is 0. The van der Waals surface area contributed by atoms with Crippen molar-refractivity contribution in [3.63, 3.8) is 0 Å². The molecule has 0 radical (unpaired) electrons. The maximum Gasteiger partial charge on any atom is 0.0807 e. The van der Waals surface area contributed by atoms with Crippen molar-refractivity contribution in [1.29, 1.82) is 0 Å². The summed E-state index contributed by atoms with van der Waals surface area (Å²) >= 11 is 3.44. The lowest BCUT2D eigenvalue weighted by Gasteiger charge is -2.11. The maximum absolute atomic E-state index is 3.06. The summed E-state index contributed by atoms with van der Waals surface area (Å²) in [5, 5.41) is 0. The number of thioether (sulfide) groups is 1. The molecule has 0 saturated heterocycles. The molecule has 0 unspecified atom stereocenters. The van der Waals surface area contributed by atoms with Gasteiger partial charge in [-0.05, 0) is 12.1 Å². The van der Waals surface area contributed by atoms with Crippen LogP contribution in [0.1, 0.15) is 0 Å². The van der Waals surface area contributed by atoms with Gasteiger partial charge in [0, 0.05) is 17.3 Å². The van der Waals surface area contributed by atoms with Crippen molar-refractivity contribution < 1.29 is 0 Å². The third kappa shape index (κ3) is 2.60. The second kappa shape index (κ2) is 4.48. The lowest BCUT2D eigenvalue weighted by atomic mass is 10.4. The van der Waals surface area contributed by atoms with Gasteiger partial charge in [-0.3, -0.25) is 4.31 Å². The summed E-state index contributed by atoms with van der Waals surface area (Å²) in [5.74, 6) is 0.970. The normalized spacial score (nSPS) is 14.6. The average Bonchev–Trinajstić information content (AvgIpc) is 2.69. The van der Waals surface area contributed by atoms with Gasteiger partial charge in [-0.1, -0.05) is 18.2 Å². The fourth-order valence-corrected chi connectivity index (χ4v) is 2.43. The molecular formula is C9H10N2S2. The molecule has 1 aromatic carbocycles. The van der Waals surface area contributed by atoms with E-state index in [1.165, 1.54) is 4.90 Å². The Bertz CT molecular complexity index is 287. The number of hydrogen-bond donors (Lipinski definition) is 1. The Hall–Kier alpha value is -0.740. The summed E-state index contributed by atoms with van der Waals surface area (Å²) in [4.78, 5) is 1.31. The summed E-state index contributed by atoms with van der Waals surface area (Å²) in [5.41, 5.74) is 0. The number of hydrogen-bond acceptors (Lipinski definition) is 4. The van der Waals surface area contributed by atoms with Gasteiger partial charge in [0.1, 0.15) is 0 Å². The minimum atomic E-state index is 0.970. The van der Waals surface area contributed by atoms with Crippen LogP contribution in [0.5, 0.6) is 0 Å². The molecule has 0 bridgehead atoms. The van der Waals surface area contributed by atoms with E-state index in [0.717, 1.165) is 5.88 Å². The Balaban J connectivity index is 1.82. The summed E-state index contributed by atoms with van der Waals surface area (Å²) < 4.78 is 5.21. The molecule has 0 saturated carbocycles. The smallest absolute Gasteiger partial charge is 0.0807 e. The third-order valence-electron chi connectivity index (χ3n) is 1.58. The Labute approximate surface area is 86.7 Å². The molecule has 2 nitrogen and oxygen atoms in total. The van der Waals surface area contributed by atoms with Gasteiger partial charge < -0.3 is 4.72 Å². The molecule has 0 fully saturated rings. The average molecular weight is 210 g/mol. The van der Waals surface area contributed by atoms with Crippen LogP contribution >= 0.6 is 23.9 Å². The van der Waals surface area contributed by atoms with Crippen molar-refractivity contribution in [3.8, 4) is 0 Å². The van der Waals surface area contributed by atoms with Gasteiger partial charge in [0.25, 0.3) is 0 Å². The molecule has 1 aliphatic rings. The zero-order valence-electron chi connectivity index (χ0n) is 7.01. The molecule has 0 spiro atoms. The lowest BCUT2D eigenvalue weighted by molar-refractivity contribution is 0.757. The largest absolute Gasteiger partial charge is 0.317 e. The summed E-state index contributed by atoms with van der Waals surface area (Å²) in [6.07, 6.45) is 3.98. The van der Waals surface area contributed by atoms with Gasteiger partial charge in [0.15, 0.2) is 0 Å². The SMILES string of the molecule is C1=CN(CSc2ccccc2)SN1. The monoisotopic (exact) mass is 210 g/mol. The lowest BCUT2D eigenvalue weighted by Crippen LogP contribution is -2.04. The zero-order chi connectivity index (χ0) is 8.93. The highest BCUT2D eigenvalue weighted by molar-refractivity contribution is 8.01. The van der Waals surface area contributed by atoms with Crippen LogP contribution in [0.3, 0.4) is 0 Å². The Kier molecular flexibility index (Phi) is 3.05. The predicted octanol–water partition coefficient (Wildman–Crippen LogP) is 2.68. The van der Waals surface area contributed by atoms with Crippen molar-refractivity contribution in [2.24, 2.45) is 0 Å². The minimum Gasteiger partial charge on any atom is -0.317 e. The molecule has 13 heavy (non-hydrogen) atoms. The Morgan fingerprint density at radius 3 is 2.85 bits per heavy atom. The molecule has 1 heterocycles. The fraction of sp³-hybridized carbons (Fsp3) is 0.111. The highest BCUT2D eigenvalue weighted by Gasteiger charge is 2.04. The van der Waals surface area contributed by atoms with E-state index in [1.807, 2.05) is 30.2 Å². The maximum atomic E-state index is 3.06. The molecule has 2 rings (SSSR count). The molecule has 1 N–H and O–H groups in total.